The quantitative estimate of drug-likeness (QED) is 0.924. The molecule has 0 unspecified atom stereocenters. The summed E-state index contributed by atoms with van der Waals surface area (Å²) in [6, 6.07) is 10.1. The maximum atomic E-state index is 4.63. The summed E-state index contributed by atoms with van der Waals surface area (Å²) in [7, 11) is 0. The maximum absolute atomic E-state index is 4.63. The van der Waals surface area contributed by atoms with Crippen molar-refractivity contribution in [1.29, 1.82) is 0 Å². The summed E-state index contributed by atoms with van der Waals surface area (Å²) in [4.78, 5) is 8.97. The molecule has 0 spiro atoms. The Morgan fingerprint density at radius 1 is 1.12 bits per heavy atom. The summed E-state index contributed by atoms with van der Waals surface area (Å²) in [5.74, 6) is 1.43. The molecule has 1 N–H and O–H groups in total. The van der Waals surface area contributed by atoms with Crippen molar-refractivity contribution in [2.24, 2.45) is 0 Å². The lowest BCUT2D eigenvalue weighted by Crippen LogP contribution is -2.40. The molecular formula is C13H12BrN3. The van der Waals surface area contributed by atoms with E-state index in [4.69, 9.17) is 0 Å². The highest BCUT2D eigenvalue weighted by Crippen LogP contribution is 2.22. The predicted octanol–water partition coefficient (Wildman–Crippen LogP) is 2.59. The van der Waals surface area contributed by atoms with Gasteiger partial charge >= 0.3 is 0 Å². The minimum atomic E-state index is 0.477. The van der Waals surface area contributed by atoms with Crippen LogP contribution in [0.2, 0.25) is 0 Å². The van der Waals surface area contributed by atoms with Crippen molar-refractivity contribution >= 4 is 15.9 Å². The molecule has 17 heavy (non-hydrogen) atoms. The van der Waals surface area contributed by atoms with Crippen molar-refractivity contribution in [3.8, 4) is 11.3 Å². The van der Waals surface area contributed by atoms with E-state index in [1.54, 1.807) is 0 Å². The van der Waals surface area contributed by atoms with Crippen LogP contribution in [0.4, 0.5) is 0 Å². The van der Waals surface area contributed by atoms with Crippen molar-refractivity contribution in [3.05, 3.63) is 46.8 Å². The molecule has 0 saturated carbocycles. The molecule has 2 heterocycles. The molecule has 0 aliphatic carbocycles. The standard InChI is InChI=1S/C13H12BrN3/c14-11-3-1-9(2-4-11)12-5-6-16-13(17-12)10-7-15-8-10/h1-6,10,15H,7-8H2. The Kier molecular flexibility index (Phi) is 2.91. The Balaban J connectivity index is 1.94. The molecule has 1 fully saturated rings. The normalized spacial score (nSPS) is 15.6. The van der Waals surface area contributed by atoms with E-state index in [2.05, 4.69) is 43.3 Å². The highest BCUT2D eigenvalue weighted by atomic mass is 79.9. The van der Waals surface area contributed by atoms with E-state index in [-0.39, 0.29) is 0 Å². The molecule has 0 atom stereocenters. The number of hydrogen-bond acceptors (Lipinski definition) is 3. The number of nitrogens with zero attached hydrogens (tertiary/aromatic N) is 2. The zero-order valence-corrected chi connectivity index (χ0v) is 10.8. The van der Waals surface area contributed by atoms with Crippen molar-refractivity contribution in [2.45, 2.75) is 5.92 Å². The SMILES string of the molecule is Brc1ccc(-c2ccnc(C3CNC3)n2)cc1. The Bertz CT molecular complexity index is 520. The first-order valence-electron chi connectivity index (χ1n) is 5.62. The first-order chi connectivity index (χ1) is 8.33. The Hall–Kier alpha value is -1.26. The Morgan fingerprint density at radius 3 is 2.53 bits per heavy atom. The Morgan fingerprint density at radius 2 is 1.88 bits per heavy atom. The summed E-state index contributed by atoms with van der Waals surface area (Å²) in [6.45, 7) is 1.98. The fourth-order valence-corrected chi connectivity index (χ4v) is 2.09. The first kappa shape index (κ1) is 10.9. The van der Waals surface area contributed by atoms with Crippen molar-refractivity contribution < 1.29 is 0 Å². The van der Waals surface area contributed by atoms with Crippen LogP contribution in [-0.2, 0) is 0 Å². The summed E-state index contributed by atoms with van der Waals surface area (Å²) in [5.41, 5.74) is 2.12. The van der Waals surface area contributed by atoms with E-state index in [1.165, 1.54) is 0 Å². The third-order valence-electron chi connectivity index (χ3n) is 2.96. The van der Waals surface area contributed by atoms with E-state index >= 15 is 0 Å². The molecule has 0 bridgehead atoms. The molecule has 4 heteroatoms. The molecule has 0 radical (unpaired) electrons. The van der Waals surface area contributed by atoms with Gasteiger partial charge in [-0.1, -0.05) is 28.1 Å². The largest absolute Gasteiger partial charge is 0.315 e. The predicted molar refractivity (Wildman–Crippen MR) is 70.8 cm³/mol. The summed E-state index contributed by atoms with van der Waals surface area (Å²) < 4.78 is 1.08. The molecule has 1 aliphatic rings. The van der Waals surface area contributed by atoms with Crippen LogP contribution in [-0.4, -0.2) is 23.1 Å². The van der Waals surface area contributed by atoms with Crippen molar-refractivity contribution in [2.75, 3.05) is 13.1 Å². The molecule has 1 aromatic carbocycles. The van der Waals surface area contributed by atoms with Gasteiger partial charge in [0.15, 0.2) is 0 Å². The second-order valence-electron chi connectivity index (χ2n) is 4.16. The summed E-state index contributed by atoms with van der Waals surface area (Å²) >= 11 is 3.43. The number of benzene rings is 1. The van der Waals surface area contributed by atoms with Gasteiger partial charge in [-0.05, 0) is 18.2 Å². The molecule has 1 aliphatic heterocycles. The molecule has 1 saturated heterocycles. The summed E-state index contributed by atoms with van der Waals surface area (Å²) in [6.07, 6.45) is 1.85. The van der Waals surface area contributed by atoms with Gasteiger partial charge in [0.2, 0.25) is 0 Å². The fourth-order valence-electron chi connectivity index (χ4n) is 1.82. The topological polar surface area (TPSA) is 37.8 Å². The minimum absolute atomic E-state index is 0.477. The Labute approximate surface area is 108 Å². The van der Waals surface area contributed by atoms with Crippen molar-refractivity contribution in [3.63, 3.8) is 0 Å². The molecule has 3 nitrogen and oxygen atoms in total. The lowest BCUT2D eigenvalue weighted by atomic mass is 10.0. The van der Waals surface area contributed by atoms with E-state index < -0.39 is 0 Å². The number of halogens is 1. The van der Waals surface area contributed by atoms with Crippen LogP contribution in [0.5, 0.6) is 0 Å². The number of rotatable bonds is 2. The monoisotopic (exact) mass is 289 g/mol. The van der Waals surface area contributed by atoms with Crippen LogP contribution in [0.1, 0.15) is 11.7 Å². The van der Waals surface area contributed by atoms with Crippen molar-refractivity contribution in [1.82, 2.24) is 15.3 Å². The number of hydrogen-bond donors (Lipinski definition) is 1. The van der Waals surface area contributed by atoms with Crippen LogP contribution in [0.3, 0.4) is 0 Å². The van der Waals surface area contributed by atoms with E-state index in [9.17, 15) is 0 Å². The lowest BCUT2D eigenvalue weighted by Gasteiger charge is -2.25. The summed E-state index contributed by atoms with van der Waals surface area (Å²) in [5, 5.41) is 3.24. The van der Waals surface area contributed by atoms with E-state index in [1.807, 2.05) is 24.4 Å². The van der Waals surface area contributed by atoms with Gasteiger partial charge < -0.3 is 5.32 Å². The smallest absolute Gasteiger partial charge is 0.134 e. The average molecular weight is 290 g/mol. The van der Waals surface area contributed by atoms with Gasteiger partial charge in [0.25, 0.3) is 0 Å². The van der Waals surface area contributed by atoms with Crippen LogP contribution < -0.4 is 5.32 Å². The first-order valence-corrected chi connectivity index (χ1v) is 6.42. The molecular weight excluding hydrogens is 278 g/mol. The number of nitrogens with one attached hydrogen (secondary N) is 1. The highest BCUT2D eigenvalue weighted by molar-refractivity contribution is 9.10. The maximum Gasteiger partial charge on any atom is 0.134 e. The second-order valence-corrected chi connectivity index (χ2v) is 5.08. The number of aromatic nitrogens is 2. The zero-order valence-electron chi connectivity index (χ0n) is 9.23. The van der Waals surface area contributed by atoms with Crippen LogP contribution >= 0.6 is 15.9 Å². The zero-order chi connectivity index (χ0) is 11.7. The lowest BCUT2D eigenvalue weighted by molar-refractivity contribution is 0.430. The van der Waals surface area contributed by atoms with E-state index in [0.717, 1.165) is 34.6 Å². The highest BCUT2D eigenvalue weighted by Gasteiger charge is 2.21. The fraction of sp³-hybridized carbons (Fsp3) is 0.231. The van der Waals surface area contributed by atoms with Gasteiger partial charge in [-0.3, -0.25) is 0 Å². The molecule has 0 amide bonds. The van der Waals surface area contributed by atoms with E-state index in [0.29, 0.717) is 5.92 Å². The van der Waals surface area contributed by atoms with Gasteiger partial charge in [0.05, 0.1) is 5.69 Å². The van der Waals surface area contributed by atoms with Gasteiger partial charge in [0.1, 0.15) is 5.82 Å². The van der Waals surface area contributed by atoms with Gasteiger partial charge in [-0.2, -0.15) is 0 Å². The van der Waals surface area contributed by atoms with Gasteiger partial charge in [-0.15, -0.1) is 0 Å². The van der Waals surface area contributed by atoms with Crippen LogP contribution in [0.25, 0.3) is 11.3 Å². The average Bonchev–Trinajstić information content (AvgIpc) is 2.28. The second kappa shape index (κ2) is 4.55. The minimum Gasteiger partial charge on any atom is -0.315 e. The molecule has 3 rings (SSSR count). The molecule has 1 aromatic heterocycles. The third kappa shape index (κ3) is 2.23. The van der Waals surface area contributed by atoms with Crippen LogP contribution in [0.15, 0.2) is 41.0 Å². The van der Waals surface area contributed by atoms with Crippen LogP contribution in [0, 0.1) is 0 Å². The third-order valence-corrected chi connectivity index (χ3v) is 3.49. The molecule has 2 aromatic rings. The van der Waals surface area contributed by atoms with Gasteiger partial charge in [0, 0.05) is 35.2 Å². The molecule has 86 valence electrons. The van der Waals surface area contributed by atoms with Gasteiger partial charge in [-0.25, -0.2) is 9.97 Å².